The summed E-state index contributed by atoms with van der Waals surface area (Å²) in [5, 5.41) is 0. The zero-order chi connectivity index (χ0) is 20.9. The molecule has 0 fully saturated rings. The first-order valence-corrected chi connectivity index (χ1v) is 9.58. The summed E-state index contributed by atoms with van der Waals surface area (Å²) in [5.41, 5.74) is 1.55. The first kappa shape index (κ1) is 21.1. The Balaban J connectivity index is 1.88. The second kappa shape index (κ2) is 9.29. The Morgan fingerprint density at radius 1 is 0.793 bits per heavy atom. The van der Waals surface area contributed by atoms with E-state index in [1.54, 1.807) is 22.9 Å². The predicted molar refractivity (Wildman–Crippen MR) is 110 cm³/mol. The van der Waals surface area contributed by atoms with E-state index >= 15 is 0 Å². The van der Waals surface area contributed by atoms with Crippen molar-refractivity contribution < 1.29 is 13.2 Å². The fraction of sp³-hybridized carbons (Fsp3) is 0.304. The van der Waals surface area contributed by atoms with Gasteiger partial charge in [-0.3, -0.25) is 4.90 Å². The minimum absolute atomic E-state index is 0.160. The molecule has 3 nitrogen and oxygen atoms in total. The average molecular weight is 401 g/mol. The van der Waals surface area contributed by atoms with Crippen molar-refractivity contribution in [3.63, 3.8) is 0 Å². The topological polar surface area (TPSA) is 11.4 Å². The van der Waals surface area contributed by atoms with Crippen molar-refractivity contribution in [3.05, 3.63) is 89.7 Å². The van der Waals surface area contributed by atoms with Gasteiger partial charge in [0.25, 0.3) is 0 Å². The number of para-hydroxylation sites is 1. The Morgan fingerprint density at radius 3 is 2.17 bits per heavy atom. The Morgan fingerprint density at radius 2 is 1.48 bits per heavy atom. The summed E-state index contributed by atoms with van der Waals surface area (Å²) in [5.74, 6) is 0. The van der Waals surface area contributed by atoms with Gasteiger partial charge in [0.2, 0.25) is 0 Å². The third-order valence-electron chi connectivity index (χ3n) is 4.80. The molecule has 0 saturated heterocycles. The van der Waals surface area contributed by atoms with Crippen LogP contribution in [0.1, 0.15) is 16.8 Å². The summed E-state index contributed by atoms with van der Waals surface area (Å²) in [6.07, 6.45) is -2.70. The number of benzene rings is 2. The minimum Gasteiger partial charge on any atom is -0.319 e. The van der Waals surface area contributed by atoms with Gasteiger partial charge in [-0.25, -0.2) is 0 Å². The summed E-state index contributed by atoms with van der Waals surface area (Å²) in [7, 11) is 4.03. The molecule has 0 spiro atoms. The summed E-state index contributed by atoms with van der Waals surface area (Å²) in [6.45, 7) is 2.98. The minimum atomic E-state index is -4.40. The molecule has 29 heavy (non-hydrogen) atoms. The van der Waals surface area contributed by atoms with Gasteiger partial charge in [0.15, 0.2) is 0 Å². The Bertz CT molecular complexity index is 901. The second-order valence-electron chi connectivity index (χ2n) is 7.38. The normalized spacial score (nSPS) is 12.1. The molecule has 3 rings (SSSR count). The zero-order valence-corrected chi connectivity index (χ0v) is 16.7. The zero-order valence-electron chi connectivity index (χ0n) is 16.7. The van der Waals surface area contributed by atoms with Crippen molar-refractivity contribution >= 4 is 0 Å². The molecule has 0 radical (unpaired) electrons. The van der Waals surface area contributed by atoms with Crippen LogP contribution in [0.5, 0.6) is 0 Å². The van der Waals surface area contributed by atoms with E-state index in [1.807, 2.05) is 38.4 Å². The van der Waals surface area contributed by atoms with Crippen LogP contribution in [0.4, 0.5) is 13.2 Å². The molecular formula is C23H26F3N3. The van der Waals surface area contributed by atoms with Crippen LogP contribution in [0.15, 0.2) is 72.9 Å². The van der Waals surface area contributed by atoms with Gasteiger partial charge >= 0.3 is 6.18 Å². The Labute approximate surface area is 170 Å². The number of nitrogens with zero attached hydrogens (tertiary/aromatic N) is 3. The van der Waals surface area contributed by atoms with Crippen LogP contribution in [0.2, 0.25) is 0 Å². The third kappa shape index (κ3) is 5.71. The maximum atomic E-state index is 13.5. The lowest BCUT2D eigenvalue weighted by atomic mass is 10.1. The quantitative estimate of drug-likeness (QED) is 0.523. The number of hydrogen-bond acceptors (Lipinski definition) is 2. The van der Waals surface area contributed by atoms with Crippen LogP contribution in [0, 0.1) is 0 Å². The molecule has 0 aliphatic heterocycles. The lowest BCUT2D eigenvalue weighted by molar-refractivity contribution is -0.137. The Hall–Kier alpha value is -2.57. The molecule has 0 aliphatic carbocycles. The highest BCUT2D eigenvalue weighted by atomic mass is 19.4. The van der Waals surface area contributed by atoms with Gasteiger partial charge in [-0.05, 0) is 43.9 Å². The van der Waals surface area contributed by atoms with Crippen LogP contribution in [-0.4, -0.2) is 41.6 Å². The summed E-state index contributed by atoms with van der Waals surface area (Å²) >= 11 is 0. The predicted octanol–water partition coefficient (Wildman–Crippen LogP) is 5.06. The SMILES string of the molecule is CN(C)CCN(Cc1ccccc1)Cc1cccn1-c1ccccc1C(F)(F)F. The van der Waals surface area contributed by atoms with Crippen molar-refractivity contribution in [1.82, 2.24) is 14.4 Å². The number of hydrogen-bond donors (Lipinski definition) is 0. The third-order valence-corrected chi connectivity index (χ3v) is 4.80. The van der Waals surface area contributed by atoms with E-state index in [9.17, 15) is 13.2 Å². The van der Waals surface area contributed by atoms with Crippen molar-refractivity contribution in [2.45, 2.75) is 19.3 Å². The molecule has 3 aromatic rings. The van der Waals surface area contributed by atoms with Crippen LogP contribution in [0.25, 0.3) is 5.69 Å². The fourth-order valence-corrected chi connectivity index (χ4v) is 3.33. The van der Waals surface area contributed by atoms with Gasteiger partial charge in [0.05, 0.1) is 11.3 Å². The van der Waals surface area contributed by atoms with Crippen molar-refractivity contribution in [1.29, 1.82) is 0 Å². The number of halogens is 3. The molecule has 0 amide bonds. The number of likely N-dealkylation sites (N-methyl/N-ethyl adjacent to an activating group) is 1. The maximum Gasteiger partial charge on any atom is 0.418 e. The average Bonchev–Trinajstić information content (AvgIpc) is 3.14. The smallest absolute Gasteiger partial charge is 0.319 e. The van der Waals surface area contributed by atoms with Crippen LogP contribution >= 0.6 is 0 Å². The number of rotatable bonds is 8. The summed E-state index contributed by atoms with van der Waals surface area (Å²) in [4.78, 5) is 4.37. The van der Waals surface area contributed by atoms with E-state index in [1.165, 1.54) is 17.7 Å². The number of alkyl halides is 3. The Kier molecular flexibility index (Phi) is 6.77. The monoisotopic (exact) mass is 401 g/mol. The van der Waals surface area contributed by atoms with E-state index in [2.05, 4.69) is 21.9 Å². The summed E-state index contributed by atoms with van der Waals surface area (Å²) in [6, 6.07) is 19.5. The van der Waals surface area contributed by atoms with Gasteiger partial charge in [0.1, 0.15) is 0 Å². The molecule has 0 saturated carbocycles. The van der Waals surface area contributed by atoms with E-state index in [4.69, 9.17) is 0 Å². The molecular weight excluding hydrogens is 375 g/mol. The molecule has 154 valence electrons. The lowest BCUT2D eigenvalue weighted by Crippen LogP contribution is -2.31. The highest BCUT2D eigenvalue weighted by molar-refractivity contribution is 5.44. The van der Waals surface area contributed by atoms with Gasteiger partial charge in [0, 0.05) is 38.1 Å². The van der Waals surface area contributed by atoms with Crippen molar-refractivity contribution in [2.24, 2.45) is 0 Å². The largest absolute Gasteiger partial charge is 0.418 e. The van der Waals surface area contributed by atoms with Crippen LogP contribution in [-0.2, 0) is 19.3 Å². The second-order valence-corrected chi connectivity index (χ2v) is 7.38. The fourth-order valence-electron chi connectivity index (χ4n) is 3.33. The van der Waals surface area contributed by atoms with Crippen molar-refractivity contribution in [2.75, 3.05) is 27.2 Å². The highest BCUT2D eigenvalue weighted by Crippen LogP contribution is 2.34. The van der Waals surface area contributed by atoms with Gasteiger partial charge in [-0.1, -0.05) is 42.5 Å². The molecule has 1 aromatic heterocycles. The van der Waals surface area contributed by atoms with E-state index in [-0.39, 0.29) is 5.69 Å². The maximum absolute atomic E-state index is 13.5. The summed E-state index contributed by atoms with van der Waals surface area (Å²) < 4.78 is 42.2. The van der Waals surface area contributed by atoms with Crippen molar-refractivity contribution in [3.8, 4) is 5.69 Å². The molecule has 1 heterocycles. The lowest BCUT2D eigenvalue weighted by Gasteiger charge is -2.25. The van der Waals surface area contributed by atoms with Crippen LogP contribution < -0.4 is 0 Å². The molecule has 0 bridgehead atoms. The molecule has 0 atom stereocenters. The molecule has 0 N–H and O–H groups in total. The standard InChI is InChI=1S/C23H26F3N3/c1-27(2)15-16-28(17-19-9-4-3-5-10-19)18-20-11-8-14-29(20)22-13-7-6-12-21(22)23(24,25)26/h3-14H,15-18H2,1-2H3. The first-order chi connectivity index (χ1) is 13.8. The van der Waals surface area contributed by atoms with E-state index in [0.717, 1.165) is 31.4 Å². The highest BCUT2D eigenvalue weighted by Gasteiger charge is 2.33. The molecule has 2 aromatic carbocycles. The molecule has 0 aliphatic rings. The van der Waals surface area contributed by atoms with Gasteiger partial charge in [-0.15, -0.1) is 0 Å². The van der Waals surface area contributed by atoms with E-state index in [0.29, 0.717) is 6.54 Å². The first-order valence-electron chi connectivity index (χ1n) is 9.58. The van der Waals surface area contributed by atoms with Gasteiger partial charge < -0.3 is 9.47 Å². The van der Waals surface area contributed by atoms with E-state index < -0.39 is 11.7 Å². The van der Waals surface area contributed by atoms with Gasteiger partial charge in [-0.2, -0.15) is 13.2 Å². The van der Waals surface area contributed by atoms with Crippen LogP contribution in [0.3, 0.4) is 0 Å². The number of aromatic nitrogens is 1. The molecule has 0 unspecified atom stereocenters. The molecule has 6 heteroatoms.